The molecule has 0 heterocycles. The Morgan fingerprint density at radius 1 is 1.26 bits per heavy atom. The van der Waals surface area contributed by atoms with E-state index in [1.807, 2.05) is 0 Å². The van der Waals surface area contributed by atoms with Gasteiger partial charge in [-0.3, -0.25) is 0 Å². The maximum absolute atomic E-state index is 6.16. The number of rotatable bonds is 3. The number of hydrogen-bond acceptors (Lipinski definition) is 2. The quantitative estimate of drug-likeness (QED) is 0.902. The molecular weight excluding hydrogens is 302 g/mol. The third kappa shape index (κ3) is 2.55. The van der Waals surface area contributed by atoms with Crippen LogP contribution in [0.1, 0.15) is 48.8 Å². The molecule has 0 aliphatic heterocycles. The van der Waals surface area contributed by atoms with Crippen molar-refractivity contribution in [1.29, 1.82) is 0 Å². The van der Waals surface area contributed by atoms with Crippen LogP contribution in [-0.2, 0) is 5.41 Å². The van der Waals surface area contributed by atoms with Crippen LogP contribution in [0.5, 0.6) is 5.75 Å². The molecule has 0 atom stereocenters. The van der Waals surface area contributed by atoms with Crippen LogP contribution >= 0.6 is 15.9 Å². The van der Waals surface area contributed by atoms with E-state index in [0.29, 0.717) is 6.54 Å². The number of aryl methyl sites for hydroxylation is 1. The lowest BCUT2D eigenvalue weighted by molar-refractivity contribution is 0.287. The molecular formula is C16H24BrNO. The highest BCUT2D eigenvalue weighted by atomic mass is 79.9. The van der Waals surface area contributed by atoms with Gasteiger partial charge in [0, 0.05) is 27.6 Å². The van der Waals surface area contributed by atoms with E-state index in [1.54, 1.807) is 7.11 Å². The molecule has 1 saturated carbocycles. The smallest absolute Gasteiger partial charge is 0.126 e. The summed E-state index contributed by atoms with van der Waals surface area (Å²) < 4.78 is 6.86. The first-order chi connectivity index (χ1) is 9.05. The largest absolute Gasteiger partial charge is 0.496 e. The number of halogens is 1. The minimum Gasteiger partial charge on any atom is -0.496 e. The van der Waals surface area contributed by atoms with Crippen molar-refractivity contribution in [2.75, 3.05) is 13.7 Å². The Morgan fingerprint density at radius 2 is 1.89 bits per heavy atom. The minimum absolute atomic E-state index is 0.111. The first-order valence-electron chi connectivity index (χ1n) is 7.10. The molecule has 1 aliphatic carbocycles. The molecule has 0 spiro atoms. The van der Waals surface area contributed by atoms with Crippen LogP contribution in [0.25, 0.3) is 0 Å². The zero-order chi connectivity index (χ0) is 14.0. The van der Waals surface area contributed by atoms with Crippen molar-refractivity contribution in [3.8, 4) is 5.75 Å². The first kappa shape index (κ1) is 14.9. The maximum Gasteiger partial charge on any atom is 0.126 e. The third-order valence-electron chi connectivity index (χ3n) is 4.60. The molecule has 0 radical (unpaired) electrons. The standard InChI is InChI=1S/C16H24BrNO/c1-11-9-13(15(19-3)12(2)14(11)17)16(10-18)7-5-4-6-8-16/h9H,4-8,10,18H2,1-3H3. The second-order valence-electron chi connectivity index (χ2n) is 5.76. The summed E-state index contributed by atoms with van der Waals surface area (Å²) in [6.07, 6.45) is 6.24. The van der Waals surface area contributed by atoms with Gasteiger partial charge in [0.25, 0.3) is 0 Å². The molecule has 0 bridgehead atoms. The summed E-state index contributed by atoms with van der Waals surface area (Å²) in [5.74, 6) is 1.02. The molecule has 1 aliphatic rings. The Morgan fingerprint density at radius 3 is 2.42 bits per heavy atom. The third-order valence-corrected chi connectivity index (χ3v) is 5.82. The molecule has 0 aromatic heterocycles. The highest BCUT2D eigenvalue weighted by Gasteiger charge is 2.36. The molecule has 0 saturated heterocycles. The molecule has 1 fully saturated rings. The van der Waals surface area contributed by atoms with Crippen LogP contribution in [0.2, 0.25) is 0 Å². The van der Waals surface area contributed by atoms with Gasteiger partial charge in [-0.15, -0.1) is 0 Å². The molecule has 106 valence electrons. The van der Waals surface area contributed by atoms with E-state index in [2.05, 4.69) is 35.8 Å². The second kappa shape index (κ2) is 5.84. The van der Waals surface area contributed by atoms with Crippen molar-refractivity contribution >= 4 is 15.9 Å². The maximum atomic E-state index is 6.16. The summed E-state index contributed by atoms with van der Waals surface area (Å²) in [6.45, 7) is 4.98. The van der Waals surface area contributed by atoms with Crippen LogP contribution in [0.15, 0.2) is 10.5 Å². The number of hydrogen-bond donors (Lipinski definition) is 1. The summed E-state index contributed by atoms with van der Waals surface area (Å²) in [6, 6.07) is 2.27. The van der Waals surface area contributed by atoms with Gasteiger partial charge in [-0.25, -0.2) is 0 Å². The van der Waals surface area contributed by atoms with Gasteiger partial charge < -0.3 is 10.5 Å². The number of ether oxygens (including phenoxy) is 1. The van der Waals surface area contributed by atoms with Crippen molar-refractivity contribution < 1.29 is 4.74 Å². The molecule has 0 amide bonds. The predicted octanol–water partition coefficient (Wildman–Crippen LogP) is 4.24. The highest BCUT2D eigenvalue weighted by molar-refractivity contribution is 9.10. The van der Waals surface area contributed by atoms with E-state index in [-0.39, 0.29) is 5.41 Å². The summed E-state index contributed by atoms with van der Waals surface area (Å²) in [5, 5.41) is 0. The van der Waals surface area contributed by atoms with Gasteiger partial charge in [-0.05, 0) is 32.3 Å². The summed E-state index contributed by atoms with van der Waals surface area (Å²) in [7, 11) is 1.76. The molecule has 3 heteroatoms. The normalized spacial score (nSPS) is 18.4. The van der Waals surface area contributed by atoms with E-state index in [4.69, 9.17) is 10.5 Å². The topological polar surface area (TPSA) is 35.2 Å². The Balaban J connectivity index is 2.59. The Kier molecular flexibility index (Phi) is 4.57. The van der Waals surface area contributed by atoms with Crippen molar-refractivity contribution in [2.24, 2.45) is 5.73 Å². The van der Waals surface area contributed by atoms with Gasteiger partial charge in [0.2, 0.25) is 0 Å². The molecule has 0 unspecified atom stereocenters. The SMILES string of the molecule is COc1c(C2(CN)CCCCC2)cc(C)c(Br)c1C. The highest BCUT2D eigenvalue weighted by Crippen LogP contribution is 2.45. The second-order valence-corrected chi connectivity index (χ2v) is 6.55. The van der Waals surface area contributed by atoms with Gasteiger partial charge >= 0.3 is 0 Å². The molecule has 1 aromatic carbocycles. The van der Waals surface area contributed by atoms with Crippen LogP contribution in [0.3, 0.4) is 0 Å². The summed E-state index contributed by atoms with van der Waals surface area (Å²) in [5.41, 5.74) is 10.1. The van der Waals surface area contributed by atoms with Crippen LogP contribution < -0.4 is 10.5 Å². The van der Waals surface area contributed by atoms with Crippen molar-refractivity contribution in [2.45, 2.75) is 51.4 Å². The van der Waals surface area contributed by atoms with Crippen LogP contribution in [0.4, 0.5) is 0 Å². The van der Waals surface area contributed by atoms with E-state index in [0.717, 1.165) is 10.2 Å². The van der Waals surface area contributed by atoms with Crippen molar-refractivity contribution in [3.05, 3.63) is 27.2 Å². The molecule has 2 rings (SSSR count). The van der Waals surface area contributed by atoms with Gasteiger partial charge in [-0.1, -0.05) is 41.3 Å². The fourth-order valence-electron chi connectivity index (χ4n) is 3.41. The fourth-order valence-corrected chi connectivity index (χ4v) is 3.71. The van der Waals surface area contributed by atoms with Crippen molar-refractivity contribution in [3.63, 3.8) is 0 Å². The van der Waals surface area contributed by atoms with E-state index < -0.39 is 0 Å². The Hall–Kier alpha value is -0.540. The van der Waals surface area contributed by atoms with Crippen LogP contribution in [0, 0.1) is 13.8 Å². The van der Waals surface area contributed by atoms with Gasteiger partial charge in [0.1, 0.15) is 5.75 Å². The van der Waals surface area contributed by atoms with Crippen LogP contribution in [-0.4, -0.2) is 13.7 Å². The van der Waals surface area contributed by atoms with Crippen molar-refractivity contribution in [1.82, 2.24) is 0 Å². The van der Waals surface area contributed by atoms with Gasteiger partial charge in [-0.2, -0.15) is 0 Å². The average Bonchev–Trinajstić information content (AvgIpc) is 2.45. The average molecular weight is 326 g/mol. The van der Waals surface area contributed by atoms with Gasteiger partial charge in [0.05, 0.1) is 7.11 Å². The molecule has 2 nitrogen and oxygen atoms in total. The lowest BCUT2D eigenvalue weighted by Gasteiger charge is -2.38. The monoisotopic (exact) mass is 325 g/mol. The van der Waals surface area contributed by atoms with E-state index in [9.17, 15) is 0 Å². The van der Waals surface area contributed by atoms with E-state index in [1.165, 1.54) is 48.8 Å². The lowest BCUT2D eigenvalue weighted by atomic mass is 9.68. The number of benzene rings is 1. The summed E-state index contributed by atoms with van der Waals surface area (Å²) in [4.78, 5) is 0. The molecule has 19 heavy (non-hydrogen) atoms. The Labute approximate surface area is 124 Å². The minimum atomic E-state index is 0.111. The van der Waals surface area contributed by atoms with Gasteiger partial charge in [0.15, 0.2) is 0 Å². The number of methoxy groups -OCH3 is 1. The molecule has 1 aromatic rings. The predicted molar refractivity (Wildman–Crippen MR) is 84.0 cm³/mol. The first-order valence-corrected chi connectivity index (χ1v) is 7.89. The summed E-state index contributed by atoms with van der Waals surface area (Å²) >= 11 is 3.66. The number of nitrogens with two attached hydrogens (primary N) is 1. The fraction of sp³-hybridized carbons (Fsp3) is 0.625. The lowest BCUT2D eigenvalue weighted by Crippen LogP contribution is -2.37. The zero-order valence-corrected chi connectivity index (χ0v) is 13.8. The zero-order valence-electron chi connectivity index (χ0n) is 12.2. The van der Waals surface area contributed by atoms with E-state index >= 15 is 0 Å². The Bertz CT molecular complexity index is 464. The molecule has 2 N–H and O–H groups in total.